The van der Waals surface area contributed by atoms with Crippen LogP contribution >= 0.6 is 0 Å². The Bertz CT molecular complexity index is 580. The van der Waals surface area contributed by atoms with E-state index in [0.29, 0.717) is 5.56 Å². The molecular formula is C16H22N2O5. The van der Waals surface area contributed by atoms with Gasteiger partial charge >= 0.3 is 11.9 Å². The predicted octanol–water partition coefficient (Wildman–Crippen LogP) is 0.644. The molecule has 0 fully saturated rings. The summed E-state index contributed by atoms with van der Waals surface area (Å²) in [5, 5.41) is 0. The summed E-state index contributed by atoms with van der Waals surface area (Å²) in [6.07, 6.45) is -0.699. The highest BCUT2D eigenvalue weighted by Crippen LogP contribution is 2.18. The van der Waals surface area contributed by atoms with Crippen molar-refractivity contribution in [2.75, 3.05) is 0 Å². The van der Waals surface area contributed by atoms with Crippen LogP contribution in [0, 0.1) is 0 Å². The quantitative estimate of drug-likeness (QED) is 0.585. The molecule has 0 aliphatic carbocycles. The molecule has 1 amide bonds. The van der Waals surface area contributed by atoms with E-state index in [1.807, 2.05) is 6.07 Å². The Hall–Kier alpha value is -2.41. The Kier molecular flexibility index (Phi) is 5.86. The van der Waals surface area contributed by atoms with Crippen LogP contribution in [0.5, 0.6) is 0 Å². The molecule has 0 aromatic heterocycles. The van der Waals surface area contributed by atoms with Gasteiger partial charge in [-0.05, 0) is 26.3 Å². The summed E-state index contributed by atoms with van der Waals surface area (Å²) in [6, 6.07) is 8.85. The maximum absolute atomic E-state index is 12.2. The summed E-state index contributed by atoms with van der Waals surface area (Å²) in [5.41, 5.74) is 8.47. The number of carbonyl (C=O) groups excluding carboxylic acids is 3. The van der Waals surface area contributed by atoms with Gasteiger partial charge in [0.15, 0.2) is 0 Å². The van der Waals surface area contributed by atoms with Gasteiger partial charge in [-0.25, -0.2) is 9.59 Å². The Morgan fingerprint density at radius 2 is 1.61 bits per heavy atom. The molecule has 0 saturated carbocycles. The van der Waals surface area contributed by atoms with Crippen LogP contribution in [0.1, 0.15) is 32.8 Å². The average molecular weight is 322 g/mol. The van der Waals surface area contributed by atoms with E-state index in [9.17, 15) is 14.4 Å². The van der Waals surface area contributed by atoms with Gasteiger partial charge in [0.2, 0.25) is 11.4 Å². The average Bonchev–Trinajstić information content (AvgIpc) is 2.43. The minimum Gasteiger partial charge on any atom is -0.459 e. The highest BCUT2D eigenvalue weighted by molar-refractivity contribution is 6.08. The third kappa shape index (κ3) is 5.71. The Morgan fingerprint density at radius 3 is 2.09 bits per heavy atom. The van der Waals surface area contributed by atoms with Crippen molar-refractivity contribution in [2.24, 2.45) is 11.5 Å². The molecule has 0 bridgehead atoms. The number of primary amides is 1. The van der Waals surface area contributed by atoms with Crippen molar-refractivity contribution in [3.05, 3.63) is 35.9 Å². The van der Waals surface area contributed by atoms with Crippen molar-refractivity contribution in [3.8, 4) is 0 Å². The van der Waals surface area contributed by atoms with Gasteiger partial charge in [-0.2, -0.15) is 0 Å². The van der Waals surface area contributed by atoms with Crippen LogP contribution in [0.15, 0.2) is 30.3 Å². The van der Waals surface area contributed by atoms with E-state index in [4.69, 9.17) is 20.9 Å². The second kappa shape index (κ2) is 7.23. The second-order valence-corrected chi connectivity index (χ2v) is 6.18. The van der Waals surface area contributed by atoms with Gasteiger partial charge in [0, 0.05) is 0 Å². The molecule has 1 aromatic carbocycles. The molecule has 4 N–H and O–H groups in total. The topological polar surface area (TPSA) is 122 Å². The van der Waals surface area contributed by atoms with Crippen molar-refractivity contribution in [1.29, 1.82) is 0 Å². The van der Waals surface area contributed by atoms with Gasteiger partial charge in [0.05, 0.1) is 6.42 Å². The summed E-state index contributed by atoms with van der Waals surface area (Å²) in [4.78, 5) is 35.6. The van der Waals surface area contributed by atoms with E-state index in [-0.39, 0.29) is 6.61 Å². The lowest BCUT2D eigenvalue weighted by molar-refractivity contribution is -0.173. The molecule has 1 atom stereocenters. The molecule has 7 nitrogen and oxygen atoms in total. The molecule has 1 unspecified atom stereocenters. The smallest absolute Gasteiger partial charge is 0.338 e. The Morgan fingerprint density at radius 1 is 1.04 bits per heavy atom. The fourth-order valence-electron chi connectivity index (χ4n) is 1.72. The molecule has 0 aliphatic heterocycles. The number of esters is 2. The van der Waals surface area contributed by atoms with Crippen molar-refractivity contribution in [1.82, 2.24) is 0 Å². The van der Waals surface area contributed by atoms with Crippen molar-refractivity contribution in [2.45, 2.75) is 44.9 Å². The molecule has 1 aromatic rings. The lowest BCUT2D eigenvalue weighted by Gasteiger charge is -2.28. The van der Waals surface area contributed by atoms with Crippen LogP contribution in [0.4, 0.5) is 0 Å². The fraction of sp³-hybridized carbons (Fsp3) is 0.438. The molecule has 126 valence electrons. The summed E-state index contributed by atoms with van der Waals surface area (Å²) in [6.45, 7) is 4.76. The van der Waals surface area contributed by atoms with Gasteiger partial charge in [0.25, 0.3) is 0 Å². The minimum absolute atomic E-state index is 0.0832. The van der Waals surface area contributed by atoms with E-state index in [0.717, 1.165) is 0 Å². The minimum atomic E-state index is -2.27. The maximum atomic E-state index is 12.2. The molecule has 0 aliphatic rings. The largest absolute Gasteiger partial charge is 0.459 e. The first-order valence-electron chi connectivity index (χ1n) is 7.06. The Labute approximate surface area is 134 Å². The predicted molar refractivity (Wildman–Crippen MR) is 82.8 cm³/mol. The maximum Gasteiger partial charge on any atom is 0.338 e. The number of nitrogens with two attached hydrogens (primary N) is 2. The first-order chi connectivity index (χ1) is 10.5. The van der Waals surface area contributed by atoms with Gasteiger partial charge in [-0.1, -0.05) is 30.3 Å². The van der Waals surface area contributed by atoms with E-state index in [1.165, 1.54) is 0 Å². The number of ether oxygens (including phenoxy) is 2. The third-order valence-corrected chi connectivity index (χ3v) is 2.79. The van der Waals surface area contributed by atoms with Crippen molar-refractivity contribution < 1.29 is 23.9 Å². The Balaban J connectivity index is 2.88. The highest BCUT2D eigenvalue weighted by atomic mass is 16.6. The molecule has 0 radical (unpaired) electrons. The van der Waals surface area contributed by atoms with Gasteiger partial charge < -0.3 is 20.9 Å². The van der Waals surface area contributed by atoms with E-state index in [2.05, 4.69) is 0 Å². The van der Waals surface area contributed by atoms with E-state index >= 15 is 0 Å². The first kappa shape index (κ1) is 18.6. The van der Waals surface area contributed by atoms with Gasteiger partial charge in [-0.15, -0.1) is 0 Å². The summed E-state index contributed by atoms with van der Waals surface area (Å²) >= 11 is 0. The number of hydrogen-bond donors (Lipinski definition) is 2. The molecule has 23 heavy (non-hydrogen) atoms. The van der Waals surface area contributed by atoms with E-state index < -0.39 is 35.4 Å². The number of amides is 1. The summed E-state index contributed by atoms with van der Waals surface area (Å²) in [7, 11) is 0. The number of benzene rings is 1. The van der Waals surface area contributed by atoms with Gasteiger partial charge in [0.1, 0.15) is 12.2 Å². The zero-order valence-corrected chi connectivity index (χ0v) is 13.5. The number of rotatable bonds is 6. The second-order valence-electron chi connectivity index (χ2n) is 6.18. The molecule has 0 saturated heterocycles. The van der Waals surface area contributed by atoms with Crippen LogP contribution in [0.25, 0.3) is 0 Å². The van der Waals surface area contributed by atoms with E-state index in [1.54, 1.807) is 45.0 Å². The SMILES string of the molecule is CC(C)(C)OC(=O)C(N)(CC(N)=O)C(=O)OCc1ccccc1. The number of carbonyl (C=O) groups is 3. The monoisotopic (exact) mass is 322 g/mol. The first-order valence-corrected chi connectivity index (χ1v) is 7.06. The normalized spacial score (nSPS) is 13.7. The van der Waals surface area contributed by atoms with Crippen LogP contribution in [0.2, 0.25) is 0 Å². The molecule has 0 heterocycles. The molecular weight excluding hydrogens is 300 g/mol. The summed E-state index contributed by atoms with van der Waals surface area (Å²) in [5.74, 6) is -3.02. The van der Waals surface area contributed by atoms with Crippen LogP contribution in [-0.2, 0) is 30.5 Å². The van der Waals surface area contributed by atoms with Crippen molar-refractivity contribution >= 4 is 17.8 Å². The molecule has 7 heteroatoms. The fourth-order valence-corrected chi connectivity index (χ4v) is 1.72. The van der Waals surface area contributed by atoms with Crippen molar-refractivity contribution in [3.63, 3.8) is 0 Å². The van der Waals surface area contributed by atoms with Gasteiger partial charge in [-0.3, -0.25) is 4.79 Å². The lowest BCUT2D eigenvalue weighted by atomic mass is 9.96. The summed E-state index contributed by atoms with van der Waals surface area (Å²) < 4.78 is 10.2. The lowest BCUT2D eigenvalue weighted by Crippen LogP contribution is -2.59. The molecule has 0 spiro atoms. The van der Waals surface area contributed by atoms with Crippen LogP contribution in [0.3, 0.4) is 0 Å². The zero-order chi connectivity index (χ0) is 17.7. The molecule has 1 rings (SSSR count). The van der Waals surface area contributed by atoms with Crippen LogP contribution < -0.4 is 11.5 Å². The number of hydrogen-bond acceptors (Lipinski definition) is 6. The standard InChI is InChI=1S/C16H22N2O5/c1-15(2,3)23-14(21)16(18,9-12(17)19)13(20)22-10-11-7-5-4-6-8-11/h4-8H,9-10,18H2,1-3H3,(H2,17,19). The highest BCUT2D eigenvalue weighted by Gasteiger charge is 2.48. The van der Waals surface area contributed by atoms with Crippen LogP contribution in [-0.4, -0.2) is 29.0 Å². The zero-order valence-electron chi connectivity index (χ0n) is 13.5. The third-order valence-electron chi connectivity index (χ3n) is 2.79.